The molecule has 1 aliphatic rings. The molecule has 2 N–H and O–H groups in total. The predicted octanol–water partition coefficient (Wildman–Crippen LogP) is 2.74. The van der Waals surface area contributed by atoms with Crippen LogP contribution < -0.4 is 5.73 Å². The average molecular weight is 284 g/mol. The molecular formula is C13H18BrNO. The smallest absolute Gasteiger partial charge is 0.0590 e. The molecule has 1 aromatic carbocycles. The van der Waals surface area contributed by atoms with Gasteiger partial charge in [-0.05, 0) is 37.5 Å². The number of hydrogen-bond donors (Lipinski definition) is 1. The maximum Gasteiger partial charge on any atom is 0.0590 e. The molecule has 0 aromatic heterocycles. The van der Waals surface area contributed by atoms with Gasteiger partial charge in [0.1, 0.15) is 0 Å². The van der Waals surface area contributed by atoms with Crippen molar-refractivity contribution >= 4 is 15.9 Å². The minimum absolute atomic E-state index is 0.207. The molecule has 0 radical (unpaired) electrons. The summed E-state index contributed by atoms with van der Waals surface area (Å²) >= 11 is 3.44. The summed E-state index contributed by atoms with van der Waals surface area (Å²) in [7, 11) is 0. The Bertz CT molecular complexity index is 338. The summed E-state index contributed by atoms with van der Waals surface area (Å²) < 4.78 is 6.67. The number of hydrogen-bond acceptors (Lipinski definition) is 2. The molecular weight excluding hydrogens is 266 g/mol. The van der Waals surface area contributed by atoms with Gasteiger partial charge in [-0.3, -0.25) is 0 Å². The van der Waals surface area contributed by atoms with Crippen LogP contribution in [0.25, 0.3) is 0 Å². The van der Waals surface area contributed by atoms with Crippen molar-refractivity contribution in [3.05, 3.63) is 34.3 Å². The van der Waals surface area contributed by atoms with E-state index in [0.717, 1.165) is 23.9 Å². The van der Waals surface area contributed by atoms with Gasteiger partial charge in [-0.1, -0.05) is 28.1 Å². The van der Waals surface area contributed by atoms with Crippen LogP contribution in [-0.4, -0.2) is 18.8 Å². The molecule has 16 heavy (non-hydrogen) atoms. The Morgan fingerprint density at radius 1 is 1.44 bits per heavy atom. The second-order valence-corrected chi connectivity index (χ2v) is 5.44. The summed E-state index contributed by atoms with van der Waals surface area (Å²) in [6.45, 7) is 2.99. The fourth-order valence-electron chi connectivity index (χ4n) is 2.35. The van der Waals surface area contributed by atoms with Gasteiger partial charge < -0.3 is 10.5 Å². The first-order chi connectivity index (χ1) is 7.66. The summed E-state index contributed by atoms with van der Waals surface area (Å²) in [5.74, 6) is 0.503. The summed E-state index contributed by atoms with van der Waals surface area (Å²) in [6, 6.07) is 8.60. The van der Waals surface area contributed by atoms with Gasteiger partial charge in [0.15, 0.2) is 0 Å². The molecule has 88 valence electrons. The number of benzene rings is 1. The van der Waals surface area contributed by atoms with Crippen LogP contribution in [0.2, 0.25) is 0 Å². The summed E-state index contributed by atoms with van der Waals surface area (Å²) in [6.07, 6.45) is 2.34. The van der Waals surface area contributed by atoms with Crippen molar-refractivity contribution in [3.63, 3.8) is 0 Å². The van der Waals surface area contributed by atoms with Crippen molar-refractivity contribution in [2.75, 3.05) is 6.61 Å². The van der Waals surface area contributed by atoms with Gasteiger partial charge in [0.05, 0.1) is 6.10 Å². The van der Waals surface area contributed by atoms with E-state index in [1.807, 2.05) is 0 Å². The Morgan fingerprint density at radius 3 is 2.69 bits per heavy atom. The molecule has 2 rings (SSSR count). The maximum absolute atomic E-state index is 6.25. The average Bonchev–Trinajstić information content (AvgIpc) is 2.68. The van der Waals surface area contributed by atoms with Crippen LogP contribution in [0.4, 0.5) is 0 Å². The normalized spacial score (nSPS) is 26.9. The molecule has 3 heteroatoms. The van der Waals surface area contributed by atoms with E-state index in [1.54, 1.807) is 0 Å². The first-order valence-corrected chi connectivity index (χ1v) is 6.58. The summed E-state index contributed by atoms with van der Waals surface area (Å²) in [4.78, 5) is 0. The topological polar surface area (TPSA) is 35.2 Å². The van der Waals surface area contributed by atoms with Crippen LogP contribution >= 0.6 is 15.9 Å². The van der Waals surface area contributed by atoms with Gasteiger partial charge in [-0.15, -0.1) is 0 Å². The standard InChI is InChI=1S/C13H18BrNO/c1-9-12(6-7-16-9)13(15)8-10-2-4-11(14)5-3-10/h2-5,9,12-13H,6-8,15H2,1H3. The van der Waals surface area contributed by atoms with Crippen LogP contribution in [0.1, 0.15) is 18.9 Å². The Labute approximate surface area is 105 Å². The third kappa shape index (κ3) is 2.84. The molecule has 1 aromatic rings. The van der Waals surface area contributed by atoms with E-state index in [9.17, 15) is 0 Å². The monoisotopic (exact) mass is 283 g/mol. The predicted molar refractivity (Wildman–Crippen MR) is 69.3 cm³/mol. The molecule has 0 spiro atoms. The maximum atomic E-state index is 6.25. The zero-order valence-electron chi connectivity index (χ0n) is 9.53. The molecule has 3 unspecified atom stereocenters. The third-order valence-corrected chi connectivity index (χ3v) is 3.90. The minimum atomic E-state index is 0.207. The molecule has 3 atom stereocenters. The third-order valence-electron chi connectivity index (χ3n) is 3.37. The van der Waals surface area contributed by atoms with E-state index in [-0.39, 0.29) is 6.04 Å². The highest BCUT2D eigenvalue weighted by Gasteiger charge is 2.29. The molecule has 0 bridgehead atoms. The number of ether oxygens (including phenoxy) is 1. The lowest BCUT2D eigenvalue weighted by molar-refractivity contribution is 0.0995. The van der Waals surface area contributed by atoms with E-state index in [1.165, 1.54) is 5.56 Å². The zero-order chi connectivity index (χ0) is 11.5. The van der Waals surface area contributed by atoms with Gasteiger partial charge in [0, 0.05) is 23.0 Å². The number of nitrogens with two attached hydrogens (primary N) is 1. The summed E-state index contributed by atoms with van der Waals surface area (Å²) in [5, 5.41) is 0. The van der Waals surface area contributed by atoms with E-state index in [0.29, 0.717) is 12.0 Å². The highest BCUT2D eigenvalue weighted by Crippen LogP contribution is 2.25. The van der Waals surface area contributed by atoms with E-state index < -0.39 is 0 Å². The Balaban J connectivity index is 1.96. The number of rotatable bonds is 3. The molecule has 0 amide bonds. The number of halogens is 1. The second kappa shape index (κ2) is 5.30. The van der Waals surface area contributed by atoms with Crippen LogP contribution in [-0.2, 0) is 11.2 Å². The molecule has 0 saturated carbocycles. The first kappa shape index (κ1) is 12.1. The largest absolute Gasteiger partial charge is 0.378 e. The van der Waals surface area contributed by atoms with Crippen LogP contribution in [0.5, 0.6) is 0 Å². The Hall–Kier alpha value is -0.380. The quantitative estimate of drug-likeness (QED) is 0.926. The van der Waals surface area contributed by atoms with E-state index >= 15 is 0 Å². The van der Waals surface area contributed by atoms with Crippen molar-refractivity contribution in [2.24, 2.45) is 11.7 Å². The van der Waals surface area contributed by atoms with Gasteiger partial charge >= 0.3 is 0 Å². The van der Waals surface area contributed by atoms with Gasteiger partial charge in [-0.2, -0.15) is 0 Å². The second-order valence-electron chi connectivity index (χ2n) is 4.52. The molecule has 2 nitrogen and oxygen atoms in total. The van der Waals surface area contributed by atoms with Crippen LogP contribution in [0, 0.1) is 5.92 Å². The van der Waals surface area contributed by atoms with Gasteiger partial charge in [-0.25, -0.2) is 0 Å². The molecule has 0 aliphatic carbocycles. The van der Waals surface area contributed by atoms with Gasteiger partial charge in [0.2, 0.25) is 0 Å². The molecule has 1 aliphatic heterocycles. The van der Waals surface area contributed by atoms with Crippen LogP contribution in [0.3, 0.4) is 0 Å². The first-order valence-electron chi connectivity index (χ1n) is 5.78. The van der Waals surface area contributed by atoms with Crippen molar-refractivity contribution < 1.29 is 4.74 Å². The van der Waals surface area contributed by atoms with Gasteiger partial charge in [0.25, 0.3) is 0 Å². The highest BCUT2D eigenvalue weighted by atomic mass is 79.9. The van der Waals surface area contributed by atoms with Crippen molar-refractivity contribution in [1.82, 2.24) is 0 Å². The Kier molecular flexibility index (Phi) is 4.00. The summed E-state index contributed by atoms with van der Waals surface area (Å²) in [5.41, 5.74) is 7.55. The van der Waals surface area contributed by atoms with Crippen molar-refractivity contribution in [3.8, 4) is 0 Å². The highest BCUT2D eigenvalue weighted by molar-refractivity contribution is 9.10. The minimum Gasteiger partial charge on any atom is -0.378 e. The van der Waals surface area contributed by atoms with Crippen molar-refractivity contribution in [1.29, 1.82) is 0 Å². The van der Waals surface area contributed by atoms with E-state index in [2.05, 4.69) is 47.1 Å². The molecule has 1 fully saturated rings. The zero-order valence-corrected chi connectivity index (χ0v) is 11.1. The Morgan fingerprint density at radius 2 is 2.12 bits per heavy atom. The lowest BCUT2D eigenvalue weighted by Gasteiger charge is -2.22. The van der Waals surface area contributed by atoms with Crippen LogP contribution in [0.15, 0.2) is 28.7 Å². The lowest BCUT2D eigenvalue weighted by Crippen LogP contribution is -2.36. The lowest BCUT2D eigenvalue weighted by atomic mass is 9.90. The molecule has 1 saturated heterocycles. The van der Waals surface area contributed by atoms with E-state index in [4.69, 9.17) is 10.5 Å². The fraction of sp³-hybridized carbons (Fsp3) is 0.538. The molecule has 1 heterocycles. The van der Waals surface area contributed by atoms with Crippen molar-refractivity contribution in [2.45, 2.75) is 31.9 Å². The fourth-order valence-corrected chi connectivity index (χ4v) is 2.62. The SMILES string of the molecule is CC1OCCC1C(N)Cc1ccc(Br)cc1.